The summed E-state index contributed by atoms with van der Waals surface area (Å²) in [7, 11) is 4.14. The molecule has 0 saturated heterocycles. The molecule has 0 spiro atoms. The number of ether oxygens (including phenoxy) is 1. The Hall–Kier alpha value is -2.01. The van der Waals surface area contributed by atoms with Crippen molar-refractivity contribution in [1.29, 1.82) is 0 Å². The molecule has 0 fully saturated rings. The number of hydrogen-bond acceptors (Lipinski definition) is 5. The molecule has 1 aliphatic rings. The maximum Gasteiger partial charge on any atom is 0.192 e. The molecule has 24 heavy (non-hydrogen) atoms. The van der Waals surface area contributed by atoms with Crippen molar-refractivity contribution >= 4 is 6.29 Å². The van der Waals surface area contributed by atoms with Gasteiger partial charge in [0, 0.05) is 18.9 Å². The number of carbonyl (C=O) groups is 1. The van der Waals surface area contributed by atoms with Gasteiger partial charge in [-0.3, -0.25) is 4.79 Å². The van der Waals surface area contributed by atoms with Gasteiger partial charge in [-0.1, -0.05) is 26.8 Å². The molecule has 1 aliphatic carbocycles. The van der Waals surface area contributed by atoms with Crippen LogP contribution in [-0.4, -0.2) is 48.4 Å². The van der Waals surface area contributed by atoms with E-state index in [1.165, 1.54) is 18.0 Å². The van der Waals surface area contributed by atoms with Crippen LogP contribution in [0, 0.1) is 5.41 Å². The van der Waals surface area contributed by atoms with E-state index >= 15 is 0 Å². The molecule has 0 aromatic carbocycles. The van der Waals surface area contributed by atoms with Gasteiger partial charge in [0.2, 0.25) is 0 Å². The van der Waals surface area contributed by atoms with Crippen LogP contribution in [0.5, 0.6) is 0 Å². The third-order valence-corrected chi connectivity index (χ3v) is 3.41. The summed E-state index contributed by atoms with van der Waals surface area (Å²) < 4.78 is 5.88. The second kappa shape index (κ2) is 9.98. The van der Waals surface area contributed by atoms with Gasteiger partial charge in [0.1, 0.15) is 12.4 Å². The molecule has 0 unspecified atom stereocenters. The van der Waals surface area contributed by atoms with Gasteiger partial charge in [-0.05, 0) is 50.1 Å². The Labute approximate surface area is 145 Å². The highest BCUT2D eigenvalue weighted by Crippen LogP contribution is 2.34. The zero-order valence-corrected chi connectivity index (χ0v) is 15.5. The standard InChI is InChI=1S/C14H25NO.C5H4N2O/c1-14(2,3)12-8-6-7-9-13(12)16-11-10-15(4)5;8-4-5-6-2-1-3-7-5/h8-9H,6-7,10-11H2,1-5H3;1-4H. The molecule has 5 nitrogen and oxygen atoms in total. The first kappa shape index (κ1) is 20.0. The summed E-state index contributed by atoms with van der Waals surface area (Å²) in [4.78, 5) is 19.3. The van der Waals surface area contributed by atoms with Crippen LogP contribution in [-0.2, 0) is 4.74 Å². The van der Waals surface area contributed by atoms with E-state index < -0.39 is 0 Å². The van der Waals surface area contributed by atoms with Crippen molar-refractivity contribution in [2.45, 2.75) is 33.6 Å². The maximum atomic E-state index is 9.88. The van der Waals surface area contributed by atoms with Crippen LogP contribution in [0.3, 0.4) is 0 Å². The minimum Gasteiger partial charge on any atom is -0.492 e. The fraction of sp³-hybridized carbons (Fsp3) is 0.526. The SMILES string of the molecule is CN(C)CCOC1=CCCC=C1C(C)(C)C.O=Cc1ncccn1. The van der Waals surface area contributed by atoms with E-state index in [1.807, 2.05) is 0 Å². The van der Waals surface area contributed by atoms with Crippen molar-refractivity contribution in [3.05, 3.63) is 47.8 Å². The Morgan fingerprint density at radius 1 is 1.17 bits per heavy atom. The summed E-state index contributed by atoms with van der Waals surface area (Å²) in [5.74, 6) is 1.33. The number of aldehydes is 1. The van der Waals surface area contributed by atoms with E-state index in [1.54, 1.807) is 6.07 Å². The van der Waals surface area contributed by atoms with Crippen LogP contribution in [0.15, 0.2) is 41.9 Å². The van der Waals surface area contributed by atoms with Crippen LogP contribution < -0.4 is 0 Å². The first-order valence-electron chi connectivity index (χ1n) is 8.25. The van der Waals surface area contributed by atoms with Gasteiger partial charge < -0.3 is 9.64 Å². The minimum atomic E-state index is 0.185. The van der Waals surface area contributed by atoms with Crippen molar-refractivity contribution in [3.8, 4) is 0 Å². The molecule has 0 bridgehead atoms. The zero-order valence-electron chi connectivity index (χ0n) is 15.5. The highest BCUT2D eigenvalue weighted by molar-refractivity contribution is 5.68. The molecule has 132 valence electrons. The molecule has 0 radical (unpaired) electrons. The highest BCUT2D eigenvalue weighted by Gasteiger charge is 2.23. The van der Waals surface area contributed by atoms with E-state index in [0.717, 1.165) is 31.8 Å². The number of carbonyl (C=O) groups excluding carboxylic acids is 1. The number of likely N-dealkylation sites (N-methyl/N-ethyl adjacent to an activating group) is 1. The predicted octanol–water partition coefficient (Wildman–Crippen LogP) is 3.50. The van der Waals surface area contributed by atoms with Gasteiger partial charge in [-0.2, -0.15) is 0 Å². The Balaban J connectivity index is 0.000000300. The van der Waals surface area contributed by atoms with Crippen LogP contribution in [0.4, 0.5) is 0 Å². The largest absolute Gasteiger partial charge is 0.492 e. The van der Waals surface area contributed by atoms with Crippen molar-refractivity contribution in [2.75, 3.05) is 27.2 Å². The van der Waals surface area contributed by atoms with E-state index in [-0.39, 0.29) is 11.2 Å². The molecule has 5 heteroatoms. The Kier molecular flexibility index (Phi) is 8.33. The van der Waals surface area contributed by atoms with Crippen LogP contribution in [0.1, 0.15) is 44.2 Å². The summed E-state index contributed by atoms with van der Waals surface area (Å²) in [6.07, 6.45) is 10.5. The molecule has 0 atom stereocenters. The molecule has 2 rings (SSSR count). The Morgan fingerprint density at radius 2 is 1.79 bits per heavy atom. The molecule has 0 N–H and O–H groups in total. The van der Waals surface area contributed by atoms with Crippen molar-refractivity contribution < 1.29 is 9.53 Å². The van der Waals surface area contributed by atoms with Gasteiger partial charge in [0.05, 0.1) is 0 Å². The average molecular weight is 331 g/mol. The van der Waals surface area contributed by atoms with E-state index in [0.29, 0.717) is 6.29 Å². The molecular weight excluding hydrogens is 302 g/mol. The predicted molar refractivity (Wildman–Crippen MR) is 96.8 cm³/mol. The summed E-state index contributed by atoms with van der Waals surface area (Å²) in [5, 5.41) is 0. The van der Waals surface area contributed by atoms with Crippen molar-refractivity contribution in [3.63, 3.8) is 0 Å². The lowest BCUT2D eigenvalue weighted by Crippen LogP contribution is -2.20. The van der Waals surface area contributed by atoms with Crippen LogP contribution in [0.25, 0.3) is 0 Å². The smallest absolute Gasteiger partial charge is 0.192 e. The first-order chi connectivity index (χ1) is 11.3. The lowest BCUT2D eigenvalue weighted by molar-refractivity contribution is 0.111. The molecular formula is C19H29N3O2. The zero-order chi connectivity index (χ0) is 18.0. The quantitative estimate of drug-likeness (QED) is 0.773. The van der Waals surface area contributed by atoms with E-state index in [2.05, 4.69) is 61.9 Å². The molecule has 0 amide bonds. The molecule has 1 heterocycles. The molecule has 0 saturated carbocycles. The van der Waals surface area contributed by atoms with Gasteiger partial charge in [0.25, 0.3) is 0 Å². The van der Waals surface area contributed by atoms with Gasteiger partial charge in [-0.25, -0.2) is 9.97 Å². The topological polar surface area (TPSA) is 55.3 Å². The first-order valence-corrected chi connectivity index (χ1v) is 8.25. The van der Waals surface area contributed by atoms with Crippen LogP contribution >= 0.6 is 0 Å². The second-order valence-corrected chi connectivity index (χ2v) is 6.89. The molecule has 1 aromatic heterocycles. The second-order valence-electron chi connectivity index (χ2n) is 6.89. The Bertz CT molecular complexity index is 558. The third kappa shape index (κ3) is 7.51. The molecule has 0 aliphatic heterocycles. The summed E-state index contributed by atoms with van der Waals surface area (Å²) in [6.45, 7) is 8.47. The van der Waals surface area contributed by atoms with Crippen molar-refractivity contribution in [2.24, 2.45) is 5.41 Å². The lowest BCUT2D eigenvalue weighted by atomic mass is 9.82. The monoisotopic (exact) mass is 331 g/mol. The maximum absolute atomic E-state index is 9.88. The lowest BCUT2D eigenvalue weighted by Gasteiger charge is -2.28. The normalized spacial score (nSPS) is 14.2. The fourth-order valence-electron chi connectivity index (χ4n) is 2.17. The summed E-state index contributed by atoms with van der Waals surface area (Å²) >= 11 is 0. The Morgan fingerprint density at radius 3 is 2.29 bits per heavy atom. The number of aromatic nitrogens is 2. The van der Waals surface area contributed by atoms with E-state index in [4.69, 9.17) is 4.74 Å². The number of rotatable bonds is 5. The van der Waals surface area contributed by atoms with Crippen molar-refractivity contribution in [1.82, 2.24) is 14.9 Å². The number of allylic oxidation sites excluding steroid dienone is 3. The number of hydrogen-bond donors (Lipinski definition) is 0. The number of nitrogens with zero attached hydrogens (tertiary/aromatic N) is 3. The van der Waals surface area contributed by atoms with Gasteiger partial charge in [0.15, 0.2) is 12.1 Å². The van der Waals surface area contributed by atoms with Crippen LogP contribution in [0.2, 0.25) is 0 Å². The van der Waals surface area contributed by atoms with E-state index in [9.17, 15) is 4.79 Å². The summed E-state index contributed by atoms with van der Waals surface area (Å²) in [6, 6.07) is 1.66. The third-order valence-electron chi connectivity index (χ3n) is 3.41. The van der Waals surface area contributed by atoms with Gasteiger partial charge in [-0.15, -0.1) is 0 Å². The molecule has 1 aromatic rings. The minimum absolute atomic E-state index is 0.185. The average Bonchev–Trinajstić information content (AvgIpc) is 2.55. The summed E-state index contributed by atoms with van der Waals surface area (Å²) in [5.41, 5.74) is 1.54. The van der Waals surface area contributed by atoms with Gasteiger partial charge >= 0.3 is 0 Å². The fourth-order valence-corrected chi connectivity index (χ4v) is 2.17. The highest BCUT2D eigenvalue weighted by atomic mass is 16.5.